The van der Waals surface area contributed by atoms with Gasteiger partial charge in [-0.2, -0.15) is 0 Å². The predicted molar refractivity (Wildman–Crippen MR) is 99.8 cm³/mol. The number of furan rings is 1. The quantitative estimate of drug-likeness (QED) is 0.672. The van der Waals surface area contributed by atoms with E-state index in [1.807, 2.05) is 35.2 Å². The van der Waals surface area contributed by atoms with Gasteiger partial charge in [-0.25, -0.2) is 0 Å². The molecule has 2 atom stereocenters. The summed E-state index contributed by atoms with van der Waals surface area (Å²) in [5.41, 5.74) is 1.35. The predicted octanol–water partition coefficient (Wildman–Crippen LogP) is 4.21. The summed E-state index contributed by atoms with van der Waals surface area (Å²) in [5, 5.41) is 14.6. The Hall–Kier alpha value is -2.57. The lowest BCUT2D eigenvalue weighted by Crippen LogP contribution is -2.29. The highest BCUT2D eigenvalue weighted by molar-refractivity contribution is 7.80. The molecule has 1 aromatic carbocycles. The molecule has 0 bridgehead atoms. The molecule has 7 heteroatoms. The standard InChI is InChI=1S/C18H14ClN3O2S/c19-11-6-7-14(23)13(10-11)22-17(15-5-3-9-24-15)16(21-18(22)25)12-4-1-2-8-20-12/h1-10,16-17,23H,(H,21,25)/t16-,17+/m0/s1. The Morgan fingerprint density at radius 1 is 1.20 bits per heavy atom. The van der Waals surface area contributed by atoms with Gasteiger partial charge < -0.3 is 19.7 Å². The Balaban J connectivity index is 1.85. The maximum Gasteiger partial charge on any atom is 0.174 e. The van der Waals surface area contributed by atoms with Crippen molar-refractivity contribution < 1.29 is 9.52 Å². The van der Waals surface area contributed by atoms with E-state index in [9.17, 15) is 5.11 Å². The fourth-order valence-corrected chi connectivity index (χ4v) is 3.56. The van der Waals surface area contributed by atoms with Gasteiger partial charge in [0.2, 0.25) is 0 Å². The van der Waals surface area contributed by atoms with Gasteiger partial charge in [-0.15, -0.1) is 0 Å². The second kappa shape index (κ2) is 6.38. The Bertz CT molecular complexity index is 902. The first-order valence-electron chi connectivity index (χ1n) is 7.68. The number of hydrogen-bond acceptors (Lipinski definition) is 4. The summed E-state index contributed by atoms with van der Waals surface area (Å²) < 4.78 is 5.66. The van der Waals surface area contributed by atoms with Gasteiger partial charge in [-0.1, -0.05) is 17.7 Å². The summed E-state index contributed by atoms with van der Waals surface area (Å²) in [5.74, 6) is 0.800. The molecule has 126 valence electrons. The third-order valence-corrected chi connectivity index (χ3v) is 4.68. The van der Waals surface area contributed by atoms with E-state index in [4.69, 9.17) is 28.2 Å². The Morgan fingerprint density at radius 2 is 2.08 bits per heavy atom. The number of thiocarbonyl (C=S) groups is 1. The van der Waals surface area contributed by atoms with Crippen LogP contribution in [0.2, 0.25) is 5.02 Å². The fourth-order valence-electron chi connectivity index (χ4n) is 3.05. The highest BCUT2D eigenvalue weighted by Crippen LogP contribution is 2.44. The smallest absolute Gasteiger partial charge is 0.174 e. The third-order valence-electron chi connectivity index (χ3n) is 4.13. The molecule has 0 amide bonds. The number of benzene rings is 1. The van der Waals surface area contributed by atoms with Crippen LogP contribution in [0.4, 0.5) is 5.69 Å². The van der Waals surface area contributed by atoms with Crippen LogP contribution in [0.5, 0.6) is 5.75 Å². The number of phenolic OH excluding ortho intramolecular Hbond substituents is 1. The molecule has 2 aromatic heterocycles. The van der Waals surface area contributed by atoms with Crippen LogP contribution in [0, 0.1) is 0 Å². The maximum absolute atomic E-state index is 10.4. The first-order chi connectivity index (χ1) is 12.1. The molecule has 5 nitrogen and oxygen atoms in total. The lowest BCUT2D eigenvalue weighted by molar-refractivity contribution is 0.428. The van der Waals surface area contributed by atoms with E-state index in [1.165, 1.54) is 0 Å². The van der Waals surface area contributed by atoms with E-state index in [0.717, 1.165) is 5.69 Å². The normalized spacial score (nSPS) is 19.9. The van der Waals surface area contributed by atoms with Gasteiger partial charge in [-0.05, 0) is 54.7 Å². The van der Waals surface area contributed by atoms with E-state index in [2.05, 4.69) is 10.3 Å². The average molecular weight is 372 g/mol. The van der Waals surface area contributed by atoms with Gasteiger partial charge >= 0.3 is 0 Å². The minimum Gasteiger partial charge on any atom is -0.506 e. The van der Waals surface area contributed by atoms with Gasteiger partial charge in [0.25, 0.3) is 0 Å². The fraction of sp³-hybridized carbons (Fsp3) is 0.111. The van der Waals surface area contributed by atoms with Crippen molar-refractivity contribution in [2.75, 3.05) is 4.90 Å². The molecule has 4 rings (SSSR count). The molecule has 3 aromatic rings. The highest BCUT2D eigenvalue weighted by atomic mass is 35.5. The molecule has 0 spiro atoms. The maximum atomic E-state index is 10.4. The number of rotatable bonds is 3. The summed E-state index contributed by atoms with van der Waals surface area (Å²) in [7, 11) is 0. The van der Waals surface area contributed by atoms with E-state index in [0.29, 0.717) is 21.6 Å². The number of halogens is 1. The van der Waals surface area contributed by atoms with Crippen LogP contribution in [-0.2, 0) is 0 Å². The molecule has 1 saturated heterocycles. The van der Waals surface area contributed by atoms with Crippen molar-refractivity contribution in [2.24, 2.45) is 0 Å². The first-order valence-corrected chi connectivity index (χ1v) is 8.46. The molecule has 2 N–H and O–H groups in total. The number of anilines is 1. The lowest BCUT2D eigenvalue weighted by atomic mass is 10.0. The first kappa shape index (κ1) is 15.9. The highest BCUT2D eigenvalue weighted by Gasteiger charge is 2.43. The summed E-state index contributed by atoms with van der Waals surface area (Å²) >= 11 is 11.7. The second-order valence-electron chi connectivity index (χ2n) is 5.65. The van der Waals surface area contributed by atoms with E-state index < -0.39 is 0 Å². The number of aromatic nitrogens is 1. The van der Waals surface area contributed by atoms with Gasteiger partial charge in [0.05, 0.1) is 23.7 Å². The van der Waals surface area contributed by atoms with Crippen LogP contribution in [0.3, 0.4) is 0 Å². The molecule has 1 aliphatic heterocycles. The molecule has 1 aliphatic rings. The number of hydrogen-bond donors (Lipinski definition) is 2. The SMILES string of the molecule is Oc1ccc(Cl)cc1N1C(=S)N[C@@H](c2ccccn2)[C@H]1c1ccco1. The minimum absolute atomic E-state index is 0.0896. The van der Waals surface area contributed by atoms with Crippen molar-refractivity contribution in [3.05, 3.63) is 77.5 Å². The van der Waals surface area contributed by atoms with Crippen LogP contribution >= 0.6 is 23.8 Å². The van der Waals surface area contributed by atoms with Crippen molar-refractivity contribution in [3.63, 3.8) is 0 Å². The largest absolute Gasteiger partial charge is 0.506 e. The average Bonchev–Trinajstić information content (AvgIpc) is 3.25. The summed E-state index contributed by atoms with van der Waals surface area (Å²) in [4.78, 5) is 6.26. The van der Waals surface area contributed by atoms with Crippen LogP contribution < -0.4 is 10.2 Å². The number of nitrogens with one attached hydrogen (secondary N) is 1. The van der Waals surface area contributed by atoms with E-state index >= 15 is 0 Å². The minimum atomic E-state index is -0.304. The van der Waals surface area contributed by atoms with Crippen LogP contribution in [0.25, 0.3) is 0 Å². The van der Waals surface area contributed by atoms with E-state index in [-0.39, 0.29) is 17.8 Å². The van der Waals surface area contributed by atoms with E-state index in [1.54, 1.807) is 30.7 Å². The summed E-state index contributed by atoms with van der Waals surface area (Å²) in [6.07, 6.45) is 3.35. The molecule has 0 radical (unpaired) electrons. The molecule has 0 saturated carbocycles. The molecule has 0 aliphatic carbocycles. The number of aromatic hydroxyl groups is 1. The van der Waals surface area contributed by atoms with Crippen LogP contribution in [0.15, 0.2) is 65.4 Å². The zero-order chi connectivity index (χ0) is 17.4. The summed E-state index contributed by atoms with van der Waals surface area (Å²) in [6.45, 7) is 0. The van der Waals surface area contributed by atoms with Crippen LogP contribution in [0.1, 0.15) is 23.5 Å². The number of phenols is 1. The zero-order valence-corrected chi connectivity index (χ0v) is 14.5. The molecule has 25 heavy (non-hydrogen) atoms. The number of nitrogens with zero attached hydrogens (tertiary/aromatic N) is 2. The monoisotopic (exact) mass is 371 g/mol. The molecule has 0 unspecified atom stereocenters. The van der Waals surface area contributed by atoms with Gasteiger partial charge in [0, 0.05) is 11.2 Å². The van der Waals surface area contributed by atoms with Crippen molar-refractivity contribution in [1.82, 2.24) is 10.3 Å². The molecular weight excluding hydrogens is 358 g/mol. The molecule has 3 heterocycles. The van der Waals surface area contributed by atoms with Gasteiger partial charge in [-0.3, -0.25) is 4.98 Å². The van der Waals surface area contributed by atoms with Crippen LogP contribution in [-0.4, -0.2) is 15.2 Å². The Morgan fingerprint density at radius 3 is 2.80 bits per heavy atom. The Kier molecular flexibility index (Phi) is 4.07. The number of pyridine rings is 1. The summed E-state index contributed by atoms with van der Waals surface area (Å²) in [6, 6.07) is 13.7. The second-order valence-corrected chi connectivity index (χ2v) is 6.47. The van der Waals surface area contributed by atoms with Crippen molar-refractivity contribution in [2.45, 2.75) is 12.1 Å². The third kappa shape index (κ3) is 2.83. The lowest BCUT2D eigenvalue weighted by Gasteiger charge is -2.26. The van der Waals surface area contributed by atoms with Crippen molar-refractivity contribution >= 4 is 34.6 Å². The Labute approximate surface area is 154 Å². The van der Waals surface area contributed by atoms with Crippen molar-refractivity contribution in [3.8, 4) is 5.75 Å². The zero-order valence-electron chi connectivity index (χ0n) is 13.0. The molecule has 1 fully saturated rings. The van der Waals surface area contributed by atoms with Crippen molar-refractivity contribution in [1.29, 1.82) is 0 Å². The molecular formula is C18H14ClN3O2S. The van der Waals surface area contributed by atoms with Gasteiger partial charge in [0.1, 0.15) is 17.6 Å². The van der Waals surface area contributed by atoms with Gasteiger partial charge in [0.15, 0.2) is 5.11 Å². The topological polar surface area (TPSA) is 61.5 Å².